The molecule has 0 saturated carbocycles. The van der Waals surface area contributed by atoms with Crippen LogP contribution in [0.15, 0.2) is 16.5 Å². The third-order valence-corrected chi connectivity index (χ3v) is 2.34. The number of fused-ring (bicyclic) bond motifs is 1. The van der Waals surface area contributed by atoms with E-state index in [0.717, 1.165) is 17.0 Å². The third kappa shape index (κ3) is 1.41. The average molecular weight is 189 g/mol. The van der Waals surface area contributed by atoms with Crippen molar-refractivity contribution in [2.24, 2.45) is 0 Å². The fourth-order valence-corrected chi connectivity index (χ4v) is 1.63. The SMILES string of the molecule is Cc1cc(C)c2nc(C(C)C)oc2c1. The first-order valence-corrected chi connectivity index (χ1v) is 4.95. The maximum absolute atomic E-state index is 5.68. The summed E-state index contributed by atoms with van der Waals surface area (Å²) in [5.74, 6) is 1.18. The summed E-state index contributed by atoms with van der Waals surface area (Å²) in [6.07, 6.45) is 0. The molecule has 0 unspecified atom stereocenters. The van der Waals surface area contributed by atoms with Crippen molar-refractivity contribution < 1.29 is 4.42 Å². The van der Waals surface area contributed by atoms with Crippen molar-refractivity contribution >= 4 is 11.1 Å². The fraction of sp³-hybridized carbons (Fsp3) is 0.417. The number of benzene rings is 1. The third-order valence-electron chi connectivity index (χ3n) is 2.34. The minimum absolute atomic E-state index is 0.349. The summed E-state index contributed by atoms with van der Waals surface area (Å²) in [4.78, 5) is 4.49. The molecule has 1 heterocycles. The first-order chi connectivity index (χ1) is 6.58. The summed E-state index contributed by atoms with van der Waals surface area (Å²) in [6, 6.07) is 4.18. The second-order valence-electron chi connectivity index (χ2n) is 4.14. The van der Waals surface area contributed by atoms with E-state index in [1.165, 1.54) is 11.1 Å². The molecule has 0 aliphatic rings. The van der Waals surface area contributed by atoms with Gasteiger partial charge in [0.15, 0.2) is 11.5 Å². The highest BCUT2D eigenvalue weighted by Gasteiger charge is 2.10. The molecule has 2 heteroatoms. The largest absolute Gasteiger partial charge is 0.440 e. The Labute approximate surface area is 84.0 Å². The lowest BCUT2D eigenvalue weighted by Crippen LogP contribution is -1.85. The van der Waals surface area contributed by atoms with E-state index in [1.807, 2.05) is 6.07 Å². The minimum Gasteiger partial charge on any atom is -0.440 e. The Morgan fingerprint density at radius 2 is 1.93 bits per heavy atom. The zero-order valence-electron chi connectivity index (χ0n) is 9.09. The Balaban J connectivity index is 2.70. The molecule has 0 saturated heterocycles. The molecule has 74 valence electrons. The van der Waals surface area contributed by atoms with E-state index in [4.69, 9.17) is 4.42 Å². The molecular formula is C12H15NO. The van der Waals surface area contributed by atoms with Gasteiger partial charge in [-0.3, -0.25) is 0 Å². The first kappa shape index (κ1) is 9.25. The number of oxazole rings is 1. The van der Waals surface area contributed by atoms with Gasteiger partial charge in [0.25, 0.3) is 0 Å². The van der Waals surface area contributed by atoms with Crippen molar-refractivity contribution in [3.8, 4) is 0 Å². The number of nitrogens with zero attached hydrogens (tertiary/aromatic N) is 1. The number of aryl methyl sites for hydroxylation is 2. The lowest BCUT2D eigenvalue weighted by atomic mass is 10.1. The van der Waals surface area contributed by atoms with Crippen molar-refractivity contribution in [1.29, 1.82) is 0 Å². The van der Waals surface area contributed by atoms with Crippen LogP contribution in [0, 0.1) is 13.8 Å². The van der Waals surface area contributed by atoms with E-state index < -0.39 is 0 Å². The summed E-state index contributed by atoms with van der Waals surface area (Å²) in [5, 5.41) is 0. The molecule has 1 aromatic carbocycles. The number of hydrogen-bond donors (Lipinski definition) is 0. The van der Waals surface area contributed by atoms with Crippen LogP contribution >= 0.6 is 0 Å². The topological polar surface area (TPSA) is 26.0 Å². The van der Waals surface area contributed by atoms with Gasteiger partial charge >= 0.3 is 0 Å². The average Bonchev–Trinajstić information content (AvgIpc) is 2.47. The van der Waals surface area contributed by atoms with Crippen LogP contribution in [0.4, 0.5) is 0 Å². The van der Waals surface area contributed by atoms with E-state index in [0.29, 0.717) is 5.92 Å². The summed E-state index contributed by atoms with van der Waals surface area (Å²) >= 11 is 0. The summed E-state index contributed by atoms with van der Waals surface area (Å²) < 4.78 is 5.68. The van der Waals surface area contributed by atoms with Crippen LogP contribution in [0.25, 0.3) is 11.1 Å². The zero-order chi connectivity index (χ0) is 10.3. The lowest BCUT2D eigenvalue weighted by Gasteiger charge is -1.94. The van der Waals surface area contributed by atoms with E-state index in [2.05, 4.69) is 38.7 Å². The van der Waals surface area contributed by atoms with Crippen LogP contribution in [0.2, 0.25) is 0 Å². The number of hydrogen-bond acceptors (Lipinski definition) is 2. The van der Waals surface area contributed by atoms with Crippen molar-refractivity contribution in [2.75, 3.05) is 0 Å². The summed E-state index contributed by atoms with van der Waals surface area (Å²) in [5.41, 5.74) is 4.32. The van der Waals surface area contributed by atoms with E-state index in [9.17, 15) is 0 Å². The standard InChI is InChI=1S/C12H15NO/c1-7(2)12-13-11-9(4)5-8(3)6-10(11)14-12/h5-7H,1-4H3. The molecule has 2 aromatic rings. The fourth-order valence-electron chi connectivity index (χ4n) is 1.63. The van der Waals surface area contributed by atoms with Crippen LogP contribution in [0.3, 0.4) is 0 Å². The van der Waals surface area contributed by atoms with Crippen molar-refractivity contribution in [1.82, 2.24) is 4.98 Å². The molecule has 1 aromatic heterocycles. The van der Waals surface area contributed by atoms with Gasteiger partial charge in [0.1, 0.15) is 5.52 Å². The maximum atomic E-state index is 5.68. The van der Waals surface area contributed by atoms with Gasteiger partial charge in [-0.2, -0.15) is 0 Å². The maximum Gasteiger partial charge on any atom is 0.198 e. The highest BCUT2D eigenvalue weighted by Crippen LogP contribution is 2.24. The monoisotopic (exact) mass is 189 g/mol. The summed E-state index contributed by atoms with van der Waals surface area (Å²) in [6.45, 7) is 8.33. The molecule has 0 amide bonds. The molecule has 0 aliphatic heterocycles. The molecule has 14 heavy (non-hydrogen) atoms. The first-order valence-electron chi connectivity index (χ1n) is 4.95. The minimum atomic E-state index is 0.349. The van der Waals surface area contributed by atoms with Gasteiger partial charge in [-0.15, -0.1) is 0 Å². The molecule has 0 aliphatic carbocycles. The number of rotatable bonds is 1. The van der Waals surface area contributed by atoms with E-state index in [1.54, 1.807) is 0 Å². The van der Waals surface area contributed by atoms with Crippen molar-refractivity contribution in [3.05, 3.63) is 29.2 Å². The Morgan fingerprint density at radius 3 is 2.57 bits per heavy atom. The zero-order valence-corrected chi connectivity index (χ0v) is 9.09. The molecule has 0 fully saturated rings. The second kappa shape index (κ2) is 3.12. The van der Waals surface area contributed by atoms with E-state index in [-0.39, 0.29) is 0 Å². The van der Waals surface area contributed by atoms with Crippen molar-refractivity contribution in [3.63, 3.8) is 0 Å². The van der Waals surface area contributed by atoms with Gasteiger partial charge in [-0.05, 0) is 31.0 Å². The van der Waals surface area contributed by atoms with Crippen LogP contribution < -0.4 is 0 Å². The van der Waals surface area contributed by atoms with Crippen LogP contribution in [-0.2, 0) is 0 Å². The Hall–Kier alpha value is -1.31. The molecule has 0 radical (unpaired) electrons. The van der Waals surface area contributed by atoms with Gasteiger partial charge in [0.2, 0.25) is 0 Å². The van der Waals surface area contributed by atoms with Gasteiger partial charge in [0, 0.05) is 5.92 Å². The van der Waals surface area contributed by atoms with Crippen molar-refractivity contribution in [2.45, 2.75) is 33.6 Å². The lowest BCUT2D eigenvalue weighted by molar-refractivity contribution is 0.501. The molecular weight excluding hydrogens is 174 g/mol. The smallest absolute Gasteiger partial charge is 0.198 e. The van der Waals surface area contributed by atoms with Gasteiger partial charge in [0.05, 0.1) is 0 Å². The quantitative estimate of drug-likeness (QED) is 0.685. The second-order valence-corrected chi connectivity index (χ2v) is 4.14. The molecule has 0 bridgehead atoms. The molecule has 2 rings (SSSR count). The Kier molecular flexibility index (Phi) is 2.06. The van der Waals surface area contributed by atoms with Gasteiger partial charge < -0.3 is 4.42 Å². The number of aromatic nitrogens is 1. The van der Waals surface area contributed by atoms with E-state index >= 15 is 0 Å². The molecule has 0 atom stereocenters. The predicted molar refractivity (Wildman–Crippen MR) is 57.6 cm³/mol. The highest BCUT2D eigenvalue weighted by molar-refractivity contribution is 5.77. The predicted octanol–water partition coefficient (Wildman–Crippen LogP) is 3.57. The van der Waals surface area contributed by atoms with Crippen LogP contribution in [0.1, 0.15) is 36.8 Å². The molecule has 0 N–H and O–H groups in total. The molecule has 0 spiro atoms. The Bertz CT molecular complexity index is 468. The van der Waals surface area contributed by atoms with Crippen LogP contribution in [-0.4, -0.2) is 4.98 Å². The van der Waals surface area contributed by atoms with Gasteiger partial charge in [-0.1, -0.05) is 19.9 Å². The molecule has 2 nitrogen and oxygen atoms in total. The highest BCUT2D eigenvalue weighted by atomic mass is 16.3. The Morgan fingerprint density at radius 1 is 1.21 bits per heavy atom. The summed E-state index contributed by atoms with van der Waals surface area (Å²) in [7, 11) is 0. The normalized spacial score (nSPS) is 11.5. The van der Waals surface area contributed by atoms with Crippen LogP contribution in [0.5, 0.6) is 0 Å². The van der Waals surface area contributed by atoms with Gasteiger partial charge in [-0.25, -0.2) is 4.98 Å².